The van der Waals surface area contributed by atoms with Gasteiger partial charge in [-0.2, -0.15) is 0 Å². The highest BCUT2D eigenvalue weighted by atomic mass is 19.1. The van der Waals surface area contributed by atoms with Gasteiger partial charge in [-0.05, 0) is 36.6 Å². The minimum atomic E-state index is -0.242. The van der Waals surface area contributed by atoms with Crippen molar-refractivity contribution in [1.29, 1.82) is 0 Å². The lowest BCUT2D eigenvalue weighted by Crippen LogP contribution is -2.21. The van der Waals surface area contributed by atoms with Gasteiger partial charge in [0.2, 0.25) is 0 Å². The van der Waals surface area contributed by atoms with Crippen LogP contribution in [-0.2, 0) is 11.2 Å². The van der Waals surface area contributed by atoms with E-state index in [0.717, 1.165) is 18.4 Å². The van der Waals surface area contributed by atoms with Crippen LogP contribution in [0.2, 0.25) is 0 Å². The van der Waals surface area contributed by atoms with Crippen LogP contribution in [0.3, 0.4) is 0 Å². The first-order chi connectivity index (χ1) is 8.22. The number of benzene rings is 1. The Morgan fingerprint density at radius 1 is 1.41 bits per heavy atom. The summed E-state index contributed by atoms with van der Waals surface area (Å²) in [5.41, 5.74) is 6.42. The molecule has 4 heteroatoms. The zero-order chi connectivity index (χ0) is 12.3. The zero-order valence-electron chi connectivity index (χ0n) is 9.99. The highest BCUT2D eigenvalue weighted by Gasteiger charge is 2.25. The van der Waals surface area contributed by atoms with Gasteiger partial charge in [0.1, 0.15) is 11.6 Å². The third-order valence-corrected chi connectivity index (χ3v) is 3.15. The molecule has 2 N–H and O–H groups in total. The third-order valence-electron chi connectivity index (χ3n) is 3.15. The Balaban J connectivity index is 2.05. The summed E-state index contributed by atoms with van der Waals surface area (Å²) in [6.07, 6.45) is 2.91. The van der Waals surface area contributed by atoms with Gasteiger partial charge in [0.25, 0.3) is 0 Å². The Bertz CT molecular complexity index is 384. The maximum atomic E-state index is 13.2. The number of ether oxygens (including phenoxy) is 2. The predicted molar refractivity (Wildman–Crippen MR) is 63.6 cm³/mol. The minimum absolute atomic E-state index is 0.124. The topological polar surface area (TPSA) is 44.5 Å². The van der Waals surface area contributed by atoms with Crippen molar-refractivity contribution in [2.75, 3.05) is 13.7 Å². The van der Waals surface area contributed by atoms with Crippen molar-refractivity contribution in [3.63, 3.8) is 0 Å². The van der Waals surface area contributed by atoms with E-state index in [4.69, 9.17) is 15.2 Å². The molecule has 1 saturated heterocycles. The molecule has 0 amide bonds. The summed E-state index contributed by atoms with van der Waals surface area (Å²) in [5.74, 6) is 0.473. The fraction of sp³-hybridized carbons (Fsp3) is 0.538. The molecule has 0 spiro atoms. The largest absolute Gasteiger partial charge is 0.496 e. The van der Waals surface area contributed by atoms with Gasteiger partial charge in [-0.1, -0.05) is 0 Å². The van der Waals surface area contributed by atoms with Crippen molar-refractivity contribution in [3.05, 3.63) is 29.6 Å². The maximum absolute atomic E-state index is 13.2. The van der Waals surface area contributed by atoms with E-state index < -0.39 is 0 Å². The van der Waals surface area contributed by atoms with E-state index in [0.29, 0.717) is 18.7 Å². The molecule has 0 aromatic heterocycles. The standard InChI is InChI=1S/C13H18FNO2/c1-16-13-5-2-10(14)6-9(13)7-11-3-4-12(8-15)17-11/h2,5-6,11-12H,3-4,7-8,15H2,1H3. The number of nitrogens with two attached hydrogens (primary N) is 1. The average molecular weight is 239 g/mol. The van der Waals surface area contributed by atoms with E-state index in [1.54, 1.807) is 13.2 Å². The van der Waals surface area contributed by atoms with Crippen LogP contribution in [0, 0.1) is 5.82 Å². The summed E-state index contributed by atoms with van der Waals surface area (Å²) >= 11 is 0. The second kappa shape index (κ2) is 5.47. The molecular weight excluding hydrogens is 221 g/mol. The quantitative estimate of drug-likeness (QED) is 0.872. The van der Waals surface area contributed by atoms with E-state index in [-0.39, 0.29) is 18.0 Å². The molecule has 1 aliphatic rings. The van der Waals surface area contributed by atoms with Crippen LogP contribution in [-0.4, -0.2) is 25.9 Å². The van der Waals surface area contributed by atoms with Crippen LogP contribution in [0.1, 0.15) is 18.4 Å². The van der Waals surface area contributed by atoms with Crippen LogP contribution in [0.4, 0.5) is 4.39 Å². The monoisotopic (exact) mass is 239 g/mol. The molecule has 0 saturated carbocycles. The summed E-state index contributed by atoms with van der Waals surface area (Å²) < 4.78 is 24.2. The van der Waals surface area contributed by atoms with Crippen molar-refractivity contribution in [3.8, 4) is 5.75 Å². The second-order valence-corrected chi connectivity index (χ2v) is 4.35. The summed E-state index contributed by atoms with van der Waals surface area (Å²) in [7, 11) is 1.59. The molecule has 94 valence electrons. The Morgan fingerprint density at radius 2 is 2.18 bits per heavy atom. The summed E-state index contributed by atoms with van der Waals surface area (Å²) in [6, 6.07) is 4.57. The molecule has 2 atom stereocenters. The molecule has 17 heavy (non-hydrogen) atoms. The van der Waals surface area contributed by atoms with Crippen LogP contribution >= 0.6 is 0 Å². The van der Waals surface area contributed by atoms with Gasteiger partial charge in [0.15, 0.2) is 0 Å². The van der Waals surface area contributed by atoms with E-state index >= 15 is 0 Å². The van der Waals surface area contributed by atoms with Gasteiger partial charge in [-0.3, -0.25) is 0 Å². The first-order valence-corrected chi connectivity index (χ1v) is 5.91. The van der Waals surface area contributed by atoms with Crippen molar-refractivity contribution >= 4 is 0 Å². The van der Waals surface area contributed by atoms with Crippen molar-refractivity contribution < 1.29 is 13.9 Å². The van der Waals surface area contributed by atoms with Crippen molar-refractivity contribution in [2.45, 2.75) is 31.5 Å². The lowest BCUT2D eigenvalue weighted by Gasteiger charge is -2.14. The molecule has 1 aromatic rings. The van der Waals surface area contributed by atoms with Gasteiger partial charge >= 0.3 is 0 Å². The molecule has 1 aromatic carbocycles. The van der Waals surface area contributed by atoms with Gasteiger partial charge in [0, 0.05) is 13.0 Å². The zero-order valence-corrected chi connectivity index (χ0v) is 9.99. The maximum Gasteiger partial charge on any atom is 0.123 e. The van der Waals surface area contributed by atoms with E-state index in [2.05, 4.69) is 0 Å². The normalized spacial score (nSPS) is 23.9. The van der Waals surface area contributed by atoms with Crippen LogP contribution in [0.5, 0.6) is 5.75 Å². The Morgan fingerprint density at radius 3 is 2.82 bits per heavy atom. The number of hydrogen-bond acceptors (Lipinski definition) is 3. The molecule has 2 rings (SSSR count). The van der Waals surface area contributed by atoms with Crippen LogP contribution < -0.4 is 10.5 Å². The first-order valence-electron chi connectivity index (χ1n) is 5.91. The van der Waals surface area contributed by atoms with Gasteiger partial charge in [-0.25, -0.2) is 4.39 Å². The molecule has 1 fully saturated rings. The molecule has 2 unspecified atom stereocenters. The molecule has 0 radical (unpaired) electrons. The van der Waals surface area contributed by atoms with Crippen molar-refractivity contribution in [1.82, 2.24) is 0 Å². The Kier molecular flexibility index (Phi) is 3.97. The minimum Gasteiger partial charge on any atom is -0.496 e. The molecule has 1 heterocycles. The summed E-state index contributed by atoms with van der Waals surface area (Å²) in [6.45, 7) is 0.552. The molecule has 0 aliphatic carbocycles. The van der Waals surface area contributed by atoms with Crippen LogP contribution in [0.25, 0.3) is 0 Å². The fourth-order valence-corrected chi connectivity index (χ4v) is 2.26. The highest BCUT2D eigenvalue weighted by Crippen LogP contribution is 2.27. The first kappa shape index (κ1) is 12.3. The third kappa shape index (κ3) is 2.96. The van der Waals surface area contributed by atoms with Crippen molar-refractivity contribution in [2.24, 2.45) is 5.73 Å². The average Bonchev–Trinajstić information content (AvgIpc) is 2.77. The molecule has 1 aliphatic heterocycles. The lowest BCUT2D eigenvalue weighted by atomic mass is 10.0. The number of methoxy groups -OCH3 is 1. The number of hydrogen-bond donors (Lipinski definition) is 1. The lowest BCUT2D eigenvalue weighted by molar-refractivity contribution is 0.0504. The molecular formula is C13H18FNO2. The fourth-order valence-electron chi connectivity index (χ4n) is 2.26. The second-order valence-electron chi connectivity index (χ2n) is 4.35. The predicted octanol–water partition coefficient (Wildman–Crippen LogP) is 1.88. The summed E-state index contributed by atoms with van der Waals surface area (Å²) in [5, 5.41) is 0. The smallest absolute Gasteiger partial charge is 0.123 e. The van der Waals surface area contributed by atoms with Gasteiger partial charge in [-0.15, -0.1) is 0 Å². The van der Waals surface area contributed by atoms with E-state index in [9.17, 15) is 4.39 Å². The SMILES string of the molecule is COc1ccc(F)cc1CC1CCC(CN)O1. The molecule has 0 bridgehead atoms. The number of rotatable bonds is 4. The van der Waals surface area contributed by atoms with Gasteiger partial charge in [0.05, 0.1) is 19.3 Å². The van der Waals surface area contributed by atoms with Gasteiger partial charge < -0.3 is 15.2 Å². The number of halogens is 1. The van der Waals surface area contributed by atoms with E-state index in [1.807, 2.05) is 0 Å². The van der Waals surface area contributed by atoms with E-state index in [1.165, 1.54) is 12.1 Å². The summed E-state index contributed by atoms with van der Waals surface area (Å²) in [4.78, 5) is 0. The molecule has 3 nitrogen and oxygen atoms in total. The Labute approximate surface area is 101 Å². The highest BCUT2D eigenvalue weighted by molar-refractivity contribution is 5.34. The van der Waals surface area contributed by atoms with Crippen LogP contribution in [0.15, 0.2) is 18.2 Å². The Hall–Kier alpha value is -1.13.